The molecule has 0 bridgehead atoms. The van der Waals surface area contributed by atoms with E-state index in [9.17, 15) is 19.2 Å². The van der Waals surface area contributed by atoms with Crippen LogP contribution in [0.25, 0.3) is 0 Å². The molecule has 0 unspecified atom stereocenters. The van der Waals surface area contributed by atoms with Gasteiger partial charge < -0.3 is 14.7 Å². The third kappa shape index (κ3) is 6.31. The molecule has 0 saturated carbocycles. The second kappa shape index (κ2) is 8.29. The Morgan fingerprint density at radius 2 is 1.35 bits per heavy atom. The van der Waals surface area contributed by atoms with Crippen molar-refractivity contribution in [1.29, 1.82) is 0 Å². The molecule has 7 nitrogen and oxygen atoms in total. The van der Waals surface area contributed by atoms with E-state index in [1.807, 2.05) is 0 Å². The van der Waals surface area contributed by atoms with Gasteiger partial charge in [-0.05, 0) is 0 Å². The van der Waals surface area contributed by atoms with Crippen LogP contribution in [0.1, 0.15) is 13.8 Å². The number of nitrogens with zero attached hydrogens (tertiary/aromatic N) is 3. The topological polar surface area (TPSA) is 78.0 Å². The first-order chi connectivity index (χ1) is 9.18. The number of ketones is 1. The van der Waals surface area contributed by atoms with Crippen LogP contribution in [0.2, 0.25) is 0 Å². The molecule has 7 heteroatoms. The molecule has 0 aromatic rings. The molecule has 3 amide bonds. The first kappa shape index (κ1) is 18.1. The van der Waals surface area contributed by atoms with Crippen molar-refractivity contribution < 1.29 is 19.2 Å². The summed E-state index contributed by atoms with van der Waals surface area (Å²) in [7, 11) is 4.49. The van der Waals surface area contributed by atoms with Gasteiger partial charge in [0.15, 0.2) is 5.78 Å². The van der Waals surface area contributed by atoms with Gasteiger partial charge in [-0.25, -0.2) is 0 Å². The van der Waals surface area contributed by atoms with Gasteiger partial charge in [-0.2, -0.15) is 0 Å². The van der Waals surface area contributed by atoms with Crippen molar-refractivity contribution >= 4 is 24.0 Å². The molecule has 20 heavy (non-hydrogen) atoms. The van der Waals surface area contributed by atoms with Gasteiger partial charge in [0.1, 0.15) is 0 Å². The number of amides is 3. The molecule has 0 rings (SSSR count). The maximum Gasteiger partial charge on any atom is 0.242 e. The first-order valence-electron chi connectivity index (χ1n) is 6.35. The fraction of sp³-hybridized carbons (Fsp3) is 0.692. The van der Waals surface area contributed by atoms with Crippen LogP contribution in [0.5, 0.6) is 0 Å². The largest absolute Gasteiger partial charge is 0.339 e. The van der Waals surface area contributed by atoms with Crippen LogP contribution in [0, 0.1) is 5.92 Å². The summed E-state index contributed by atoms with van der Waals surface area (Å²) < 4.78 is 0. The van der Waals surface area contributed by atoms with Crippen molar-refractivity contribution in [2.24, 2.45) is 5.92 Å². The zero-order valence-electron chi connectivity index (χ0n) is 12.8. The van der Waals surface area contributed by atoms with E-state index in [-0.39, 0.29) is 43.1 Å². The average Bonchev–Trinajstić information content (AvgIpc) is 2.37. The minimum absolute atomic E-state index is 0.0319. The SMILES string of the molecule is CC(C)C(=O)CN(C)C(=O)CN(C)C(=O)CN(C)C=O. The molecule has 0 saturated heterocycles. The number of carbonyl (C=O) groups is 4. The normalized spacial score (nSPS) is 10.1. The average molecular weight is 285 g/mol. The molecular weight excluding hydrogens is 262 g/mol. The molecule has 0 fully saturated rings. The summed E-state index contributed by atoms with van der Waals surface area (Å²) >= 11 is 0. The summed E-state index contributed by atoms with van der Waals surface area (Å²) in [5.74, 6) is -0.818. The Hall–Kier alpha value is -1.92. The lowest BCUT2D eigenvalue weighted by Gasteiger charge is -2.23. The van der Waals surface area contributed by atoms with Crippen molar-refractivity contribution in [3.63, 3.8) is 0 Å². The molecule has 0 aliphatic rings. The molecule has 0 heterocycles. The molecule has 114 valence electrons. The molecule has 0 atom stereocenters. The molecule has 0 aliphatic carbocycles. The van der Waals surface area contributed by atoms with Crippen molar-refractivity contribution in [1.82, 2.24) is 14.7 Å². The van der Waals surface area contributed by atoms with Gasteiger partial charge in [0.25, 0.3) is 0 Å². The summed E-state index contributed by atoms with van der Waals surface area (Å²) in [5.41, 5.74) is 0. The van der Waals surface area contributed by atoms with Gasteiger partial charge >= 0.3 is 0 Å². The van der Waals surface area contributed by atoms with E-state index in [0.717, 1.165) is 0 Å². The van der Waals surface area contributed by atoms with Crippen LogP contribution in [0.4, 0.5) is 0 Å². The van der Waals surface area contributed by atoms with Crippen LogP contribution in [-0.2, 0) is 19.2 Å². The van der Waals surface area contributed by atoms with E-state index in [1.165, 1.54) is 35.8 Å². The molecular formula is C13H23N3O4. The molecule has 0 aromatic carbocycles. The van der Waals surface area contributed by atoms with Gasteiger partial charge in [0, 0.05) is 27.1 Å². The molecule has 0 spiro atoms. The highest BCUT2D eigenvalue weighted by atomic mass is 16.2. The smallest absolute Gasteiger partial charge is 0.242 e. The second-order valence-corrected chi connectivity index (χ2v) is 5.14. The zero-order valence-corrected chi connectivity index (χ0v) is 12.8. The number of carbonyl (C=O) groups excluding carboxylic acids is 4. The number of hydrogen-bond donors (Lipinski definition) is 0. The Bertz CT molecular complexity index is 382. The third-order valence-corrected chi connectivity index (χ3v) is 2.83. The van der Waals surface area contributed by atoms with Crippen molar-refractivity contribution in [2.45, 2.75) is 13.8 Å². The molecule has 0 radical (unpaired) electrons. The molecule has 0 aromatic heterocycles. The number of hydrogen-bond acceptors (Lipinski definition) is 4. The Balaban J connectivity index is 4.34. The Morgan fingerprint density at radius 1 is 0.900 bits per heavy atom. The highest BCUT2D eigenvalue weighted by molar-refractivity contribution is 5.90. The highest BCUT2D eigenvalue weighted by Gasteiger charge is 2.19. The highest BCUT2D eigenvalue weighted by Crippen LogP contribution is 1.98. The zero-order chi connectivity index (χ0) is 15.9. The van der Waals surface area contributed by atoms with Crippen LogP contribution in [0.3, 0.4) is 0 Å². The van der Waals surface area contributed by atoms with Crippen LogP contribution in [0.15, 0.2) is 0 Å². The van der Waals surface area contributed by atoms with Gasteiger partial charge in [-0.1, -0.05) is 13.8 Å². The fourth-order valence-electron chi connectivity index (χ4n) is 1.29. The maximum absolute atomic E-state index is 11.9. The summed E-state index contributed by atoms with van der Waals surface area (Å²) in [6.07, 6.45) is 0.543. The Morgan fingerprint density at radius 3 is 1.80 bits per heavy atom. The number of likely N-dealkylation sites (N-methyl/N-ethyl adjacent to an activating group) is 3. The van der Waals surface area contributed by atoms with Crippen LogP contribution >= 0.6 is 0 Å². The van der Waals surface area contributed by atoms with Crippen LogP contribution < -0.4 is 0 Å². The van der Waals surface area contributed by atoms with E-state index < -0.39 is 0 Å². The van der Waals surface area contributed by atoms with Gasteiger partial charge in [-0.15, -0.1) is 0 Å². The van der Waals surface area contributed by atoms with Gasteiger partial charge in [0.2, 0.25) is 18.2 Å². The minimum Gasteiger partial charge on any atom is -0.339 e. The molecule has 0 N–H and O–H groups in total. The lowest BCUT2D eigenvalue weighted by atomic mass is 10.1. The van der Waals surface area contributed by atoms with Gasteiger partial charge in [-0.3, -0.25) is 19.2 Å². The van der Waals surface area contributed by atoms with Crippen molar-refractivity contribution in [2.75, 3.05) is 40.8 Å². The molecule has 0 aliphatic heterocycles. The Labute approximate surface area is 119 Å². The van der Waals surface area contributed by atoms with Crippen LogP contribution in [-0.4, -0.2) is 79.5 Å². The van der Waals surface area contributed by atoms with Crippen molar-refractivity contribution in [3.05, 3.63) is 0 Å². The van der Waals surface area contributed by atoms with E-state index in [2.05, 4.69) is 0 Å². The standard InChI is InChI=1S/C13H23N3O4/c1-10(2)11(18)6-15(4)13(20)8-16(5)12(19)7-14(3)9-17/h9-10H,6-8H2,1-5H3. The quantitative estimate of drug-likeness (QED) is 0.548. The third-order valence-electron chi connectivity index (χ3n) is 2.83. The van der Waals surface area contributed by atoms with E-state index >= 15 is 0 Å². The number of Topliss-reactive ketones (excluding diaryl/α,β-unsaturated/α-hetero) is 1. The fourth-order valence-corrected chi connectivity index (χ4v) is 1.29. The second-order valence-electron chi connectivity index (χ2n) is 5.14. The van der Waals surface area contributed by atoms with E-state index in [1.54, 1.807) is 13.8 Å². The summed E-state index contributed by atoms with van der Waals surface area (Å²) in [6.45, 7) is 3.37. The monoisotopic (exact) mass is 285 g/mol. The maximum atomic E-state index is 11.9. The number of rotatable bonds is 8. The lowest BCUT2D eigenvalue weighted by molar-refractivity contribution is -0.141. The summed E-state index contributed by atoms with van der Waals surface area (Å²) in [4.78, 5) is 49.2. The first-order valence-corrected chi connectivity index (χ1v) is 6.35. The summed E-state index contributed by atoms with van der Waals surface area (Å²) in [6, 6.07) is 0. The minimum atomic E-state index is -0.337. The summed E-state index contributed by atoms with van der Waals surface area (Å²) in [5, 5.41) is 0. The van der Waals surface area contributed by atoms with Gasteiger partial charge in [0.05, 0.1) is 19.6 Å². The van der Waals surface area contributed by atoms with E-state index in [4.69, 9.17) is 0 Å². The van der Waals surface area contributed by atoms with E-state index in [0.29, 0.717) is 6.41 Å². The predicted octanol–water partition coefficient (Wildman–Crippen LogP) is -0.783. The predicted molar refractivity (Wildman–Crippen MR) is 73.8 cm³/mol. The lowest BCUT2D eigenvalue weighted by Crippen LogP contribution is -2.44. The Kier molecular flexibility index (Phi) is 7.49. The van der Waals surface area contributed by atoms with Crippen molar-refractivity contribution in [3.8, 4) is 0 Å².